The van der Waals surface area contributed by atoms with Gasteiger partial charge < -0.3 is 10.6 Å². The Morgan fingerprint density at radius 3 is 2.30 bits per heavy atom. The number of benzene rings is 3. The maximum absolute atomic E-state index is 12.8. The molecule has 3 aromatic rings. The van der Waals surface area contributed by atoms with Gasteiger partial charge in [0.25, 0.3) is 5.91 Å². The summed E-state index contributed by atoms with van der Waals surface area (Å²) in [7, 11) is 0. The van der Waals surface area contributed by atoms with Crippen LogP contribution in [0.1, 0.15) is 10.4 Å². The van der Waals surface area contributed by atoms with Gasteiger partial charge in [0.05, 0.1) is 0 Å². The molecule has 0 aliphatic carbocycles. The number of hydrogen-bond acceptors (Lipinski definition) is 2. The molecule has 0 saturated carbocycles. The minimum Gasteiger partial charge on any atom is -0.336 e. The molecule has 1 heterocycles. The fourth-order valence-corrected chi connectivity index (χ4v) is 3.19. The lowest BCUT2D eigenvalue weighted by Crippen LogP contribution is -2.27. The first kappa shape index (κ1) is 16.8. The Morgan fingerprint density at radius 2 is 1.59 bits per heavy atom. The van der Waals surface area contributed by atoms with Crippen LogP contribution in [0.5, 0.6) is 0 Å². The van der Waals surface area contributed by atoms with E-state index in [4.69, 9.17) is 0 Å². The van der Waals surface area contributed by atoms with Crippen molar-refractivity contribution in [2.75, 3.05) is 23.3 Å². The van der Waals surface area contributed by atoms with Crippen LogP contribution in [0.2, 0.25) is 0 Å². The first-order chi connectivity index (χ1) is 13.2. The Balaban J connectivity index is 1.54. The molecule has 0 bridgehead atoms. The average Bonchev–Trinajstić information content (AvgIpc) is 3.15. The number of nitrogens with zero attached hydrogens (tertiary/aromatic N) is 1. The molecule has 5 nitrogen and oxygen atoms in total. The van der Waals surface area contributed by atoms with Gasteiger partial charge in [-0.3, -0.25) is 9.69 Å². The summed E-state index contributed by atoms with van der Waals surface area (Å²) in [4.78, 5) is 26.2. The highest BCUT2D eigenvalue weighted by Crippen LogP contribution is 2.25. The molecular formula is C22H19N3O2. The molecule has 0 spiro atoms. The zero-order valence-electron chi connectivity index (χ0n) is 14.7. The normalized spacial score (nSPS) is 13.3. The number of hydrogen-bond donors (Lipinski definition) is 2. The molecule has 27 heavy (non-hydrogen) atoms. The van der Waals surface area contributed by atoms with E-state index in [0.717, 1.165) is 16.8 Å². The van der Waals surface area contributed by atoms with Crippen molar-refractivity contribution < 1.29 is 9.59 Å². The van der Waals surface area contributed by atoms with E-state index in [-0.39, 0.29) is 11.9 Å². The van der Waals surface area contributed by atoms with Crippen molar-refractivity contribution in [3.63, 3.8) is 0 Å². The van der Waals surface area contributed by atoms with Crippen molar-refractivity contribution in [2.45, 2.75) is 0 Å². The lowest BCUT2D eigenvalue weighted by Gasteiger charge is -2.15. The van der Waals surface area contributed by atoms with Crippen molar-refractivity contribution in [1.82, 2.24) is 5.32 Å². The van der Waals surface area contributed by atoms with Gasteiger partial charge in [-0.1, -0.05) is 48.5 Å². The summed E-state index contributed by atoms with van der Waals surface area (Å²) in [6.07, 6.45) is 0. The molecule has 1 saturated heterocycles. The first-order valence-corrected chi connectivity index (χ1v) is 8.83. The summed E-state index contributed by atoms with van der Waals surface area (Å²) in [6.45, 7) is 1.29. The SMILES string of the molecule is O=C(Nc1ccc(N2CCNC2=O)cc1)c1ccccc1-c1ccccc1. The van der Waals surface area contributed by atoms with Crippen molar-refractivity contribution >= 4 is 23.3 Å². The van der Waals surface area contributed by atoms with Gasteiger partial charge in [0.2, 0.25) is 0 Å². The van der Waals surface area contributed by atoms with E-state index < -0.39 is 0 Å². The maximum Gasteiger partial charge on any atom is 0.321 e. The molecule has 2 N–H and O–H groups in total. The topological polar surface area (TPSA) is 61.4 Å². The molecular weight excluding hydrogens is 338 g/mol. The van der Waals surface area contributed by atoms with Crippen molar-refractivity contribution in [3.8, 4) is 11.1 Å². The number of nitrogens with one attached hydrogen (secondary N) is 2. The molecule has 134 valence electrons. The smallest absolute Gasteiger partial charge is 0.321 e. The maximum atomic E-state index is 12.8. The highest BCUT2D eigenvalue weighted by molar-refractivity contribution is 6.08. The van der Waals surface area contributed by atoms with Gasteiger partial charge in [-0.2, -0.15) is 0 Å². The summed E-state index contributed by atoms with van der Waals surface area (Å²) < 4.78 is 0. The molecule has 0 atom stereocenters. The van der Waals surface area contributed by atoms with Gasteiger partial charge in [0, 0.05) is 30.0 Å². The number of anilines is 2. The molecule has 4 rings (SSSR count). The van der Waals surface area contributed by atoms with E-state index in [9.17, 15) is 9.59 Å². The third-order valence-corrected chi connectivity index (χ3v) is 4.55. The second-order valence-electron chi connectivity index (χ2n) is 6.30. The van der Waals surface area contributed by atoms with Gasteiger partial charge in [0.15, 0.2) is 0 Å². The summed E-state index contributed by atoms with van der Waals surface area (Å²) >= 11 is 0. The summed E-state index contributed by atoms with van der Waals surface area (Å²) in [5, 5.41) is 5.71. The van der Waals surface area contributed by atoms with E-state index in [1.165, 1.54) is 0 Å². The lowest BCUT2D eigenvalue weighted by molar-refractivity contribution is 0.102. The van der Waals surface area contributed by atoms with Crippen LogP contribution in [0.25, 0.3) is 11.1 Å². The summed E-state index contributed by atoms with van der Waals surface area (Å²) in [5.41, 5.74) is 4.00. The number of urea groups is 1. The van der Waals surface area contributed by atoms with Crippen LogP contribution in [0.4, 0.5) is 16.2 Å². The Morgan fingerprint density at radius 1 is 0.889 bits per heavy atom. The molecule has 1 aliphatic rings. The number of carbonyl (C=O) groups is 2. The van der Waals surface area contributed by atoms with E-state index >= 15 is 0 Å². The van der Waals surface area contributed by atoms with Gasteiger partial charge in [0.1, 0.15) is 0 Å². The van der Waals surface area contributed by atoms with Gasteiger partial charge in [-0.25, -0.2) is 4.79 Å². The monoisotopic (exact) mass is 357 g/mol. The Hall–Kier alpha value is -3.60. The van der Waals surface area contributed by atoms with E-state index in [1.54, 1.807) is 4.90 Å². The molecule has 0 radical (unpaired) electrons. The number of amides is 3. The largest absolute Gasteiger partial charge is 0.336 e. The molecule has 1 aliphatic heterocycles. The minimum absolute atomic E-state index is 0.0939. The fourth-order valence-electron chi connectivity index (χ4n) is 3.19. The van der Waals surface area contributed by atoms with E-state index in [1.807, 2.05) is 78.9 Å². The van der Waals surface area contributed by atoms with Crippen LogP contribution in [0.15, 0.2) is 78.9 Å². The van der Waals surface area contributed by atoms with Crippen LogP contribution >= 0.6 is 0 Å². The van der Waals surface area contributed by atoms with E-state index in [2.05, 4.69) is 10.6 Å². The van der Waals surface area contributed by atoms with Crippen molar-refractivity contribution in [3.05, 3.63) is 84.4 Å². The van der Waals surface area contributed by atoms with Crippen LogP contribution in [-0.4, -0.2) is 25.0 Å². The van der Waals surface area contributed by atoms with Crippen molar-refractivity contribution in [1.29, 1.82) is 0 Å². The standard InChI is InChI=1S/C22H19N3O2/c26-21(20-9-5-4-8-19(20)16-6-2-1-3-7-16)24-17-10-12-18(13-11-17)25-15-14-23-22(25)27/h1-13H,14-15H2,(H,23,27)(H,24,26). The predicted octanol–water partition coefficient (Wildman–Crippen LogP) is 4.14. The third-order valence-electron chi connectivity index (χ3n) is 4.55. The number of rotatable bonds is 4. The molecule has 0 unspecified atom stereocenters. The molecule has 3 aromatic carbocycles. The van der Waals surface area contributed by atoms with Gasteiger partial charge in [-0.05, 0) is 41.5 Å². The molecule has 1 fully saturated rings. The third kappa shape index (κ3) is 3.53. The molecule has 3 amide bonds. The molecule has 0 aromatic heterocycles. The first-order valence-electron chi connectivity index (χ1n) is 8.83. The van der Waals surface area contributed by atoms with Crippen molar-refractivity contribution in [2.24, 2.45) is 0 Å². The van der Waals surface area contributed by atoms with Crippen LogP contribution in [0.3, 0.4) is 0 Å². The Labute approximate surface area is 157 Å². The Bertz CT molecular complexity index is 968. The van der Waals surface area contributed by atoms with Crippen LogP contribution in [0, 0.1) is 0 Å². The van der Waals surface area contributed by atoms with Crippen LogP contribution < -0.4 is 15.5 Å². The zero-order valence-corrected chi connectivity index (χ0v) is 14.7. The highest BCUT2D eigenvalue weighted by Gasteiger charge is 2.21. The summed E-state index contributed by atoms with van der Waals surface area (Å²) in [6, 6.07) is 24.6. The van der Waals surface area contributed by atoms with Gasteiger partial charge in [-0.15, -0.1) is 0 Å². The second-order valence-corrected chi connectivity index (χ2v) is 6.30. The quantitative estimate of drug-likeness (QED) is 0.737. The predicted molar refractivity (Wildman–Crippen MR) is 107 cm³/mol. The Kier molecular flexibility index (Phi) is 4.58. The van der Waals surface area contributed by atoms with Crippen LogP contribution in [-0.2, 0) is 0 Å². The number of carbonyl (C=O) groups excluding carboxylic acids is 2. The highest BCUT2D eigenvalue weighted by atomic mass is 16.2. The minimum atomic E-state index is -0.166. The molecule has 5 heteroatoms. The zero-order chi connectivity index (χ0) is 18.6. The van der Waals surface area contributed by atoms with Gasteiger partial charge >= 0.3 is 6.03 Å². The average molecular weight is 357 g/mol. The van der Waals surface area contributed by atoms with E-state index in [0.29, 0.717) is 24.3 Å². The summed E-state index contributed by atoms with van der Waals surface area (Å²) in [5.74, 6) is -0.166. The fraction of sp³-hybridized carbons (Fsp3) is 0.0909. The lowest BCUT2D eigenvalue weighted by atomic mass is 9.99. The second kappa shape index (κ2) is 7.33.